The molecule has 1 N–H and O–H groups in total. The minimum atomic E-state index is -0.853. The van der Waals surface area contributed by atoms with E-state index in [-0.39, 0.29) is 12.3 Å². The number of fused-ring (bicyclic) bond motifs is 1. The molecule has 0 bridgehead atoms. The summed E-state index contributed by atoms with van der Waals surface area (Å²) < 4.78 is 0. The van der Waals surface area contributed by atoms with E-state index in [1.807, 2.05) is 0 Å². The molecule has 0 unspecified atom stereocenters. The lowest BCUT2D eigenvalue weighted by Crippen LogP contribution is -2.45. The molecular formula is C12H15NO2. The molecule has 0 saturated heterocycles. The number of carboxylic acid groups (broad SMARTS) is 1. The minimum absolute atomic E-state index is 0.00182. The molecule has 3 heteroatoms. The summed E-state index contributed by atoms with van der Waals surface area (Å²) in [6, 6.07) is 2.24. The highest BCUT2D eigenvalue weighted by atomic mass is 16.4. The molecule has 0 aromatic heterocycles. The molecule has 0 radical (unpaired) electrons. The number of nitrogens with zero attached hydrogens (tertiary/aromatic N) is 1. The van der Waals surface area contributed by atoms with Gasteiger partial charge in [0, 0.05) is 0 Å². The number of hydrogen-bond donors (Lipinski definition) is 1. The zero-order valence-electron chi connectivity index (χ0n) is 8.86. The predicted octanol–water partition coefficient (Wildman–Crippen LogP) is 2.35. The predicted molar refractivity (Wildman–Crippen MR) is 54.9 cm³/mol. The molecule has 0 heterocycles. The molecule has 0 spiro atoms. The van der Waals surface area contributed by atoms with E-state index in [9.17, 15) is 4.79 Å². The SMILES string of the molecule is CCC1=C[C@H]2[C@@H](C1)C[C@@]2(C#N)CC(=O)O. The maximum absolute atomic E-state index is 10.7. The van der Waals surface area contributed by atoms with E-state index in [1.54, 1.807) is 0 Å². The molecule has 0 aliphatic heterocycles. The number of carboxylic acids is 1. The monoisotopic (exact) mass is 205 g/mol. The second-order valence-electron chi connectivity index (χ2n) is 4.71. The van der Waals surface area contributed by atoms with Gasteiger partial charge in [0.2, 0.25) is 0 Å². The largest absolute Gasteiger partial charge is 0.481 e. The molecule has 0 aromatic carbocycles. The van der Waals surface area contributed by atoms with E-state index in [4.69, 9.17) is 10.4 Å². The van der Waals surface area contributed by atoms with Crippen LogP contribution in [-0.4, -0.2) is 11.1 Å². The third-order valence-corrected chi connectivity index (χ3v) is 3.86. The first kappa shape index (κ1) is 10.2. The maximum atomic E-state index is 10.7. The highest BCUT2D eigenvalue weighted by molar-refractivity contribution is 5.69. The zero-order valence-corrected chi connectivity index (χ0v) is 8.86. The molecule has 2 aliphatic carbocycles. The van der Waals surface area contributed by atoms with Crippen molar-refractivity contribution >= 4 is 5.97 Å². The van der Waals surface area contributed by atoms with E-state index in [1.165, 1.54) is 5.57 Å². The summed E-state index contributed by atoms with van der Waals surface area (Å²) in [6.07, 6.45) is 5.02. The van der Waals surface area contributed by atoms with Crippen LogP contribution in [0, 0.1) is 28.6 Å². The number of nitriles is 1. The number of carbonyl (C=O) groups is 1. The standard InChI is InChI=1S/C12H15NO2/c1-2-8-3-9-5-12(7-13,6-11(14)15)10(9)4-8/h4,9-10H,2-3,5-6H2,1H3,(H,14,15)/t9-,10-,12-/m0/s1. The van der Waals surface area contributed by atoms with Gasteiger partial charge in [-0.05, 0) is 31.1 Å². The maximum Gasteiger partial charge on any atom is 0.304 e. The number of aliphatic carboxylic acids is 1. The smallest absolute Gasteiger partial charge is 0.304 e. The first-order valence-electron chi connectivity index (χ1n) is 5.44. The third kappa shape index (κ3) is 1.45. The highest BCUT2D eigenvalue weighted by Crippen LogP contribution is 2.59. The Morgan fingerprint density at radius 2 is 2.53 bits per heavy atom. The van der Waals surface area contributed by atoms with Crippen molar-refractivity contribution in [1.82, 2.24) is 0 Å². The fourth-order valence-corrected chi connectivity index (χ4v) is 3.06. The van der Waals surface area contributed by atoms with Crippen LogP contribution in [0.15, 0.2) is 11.6 Å². The lowest BCUT2D eigenvalue weighted by Gasteiger charge is -2.46. The van der Waals surface area contributed by atoms with Crippen LogP contribution in [-0.2, 0) is 4.79 Å². The van der Waals surface area contributed by atoms with Crippen molar-refractivity contribution in [3.05, 3.63) is 11.6 Å². The summed E-state index contributed by atoms with van der Waals surface area (Å²) >= 11 is 0. The van der Waals surface area contributed by atoms with Crippen molar-refractivity contribution in [3.63, 3.8) is 0 Å². The molecule has 2 aliphatic rings. The summed E-state index contributed by atoms with van der Waals surface area (Å²) in [6.45, 7) is 2.11. The Labute approximate surface area is 89.4 Å². The van der Waals surface area contributed by atoms with Crippen LogP contribution >= 0.6 is 0 Å². The number of rotatable bonds is 3. The third-order valence-electron chi connectivity index (χ3n) is 3.86. The molecular weight excluding hydrogens is 190 g/mol. The Morgan fingerprint density at radius 1 is 1.80 bits per heavy atom. The van der Waals surface area contributed by atoms with Gasteiger partial charge in [-0.25, -0.2) is 0 Å². The van der Waals surface area contributed by atoms with Gasteiger partial charge in [-0.1, -0.05) is 18.6 Å². The molecule has 15 heavy (non-hydrogen) atoms. The van der Waals surface area contributed by atoms with Crippen LogP contribution in [0.2, 0.25) is 0 Å². The molecule has 80 valence electrons. The van der Waals surface area contributed by atoms with Gasteiger partial charge in [0.15, 0.2) is 0 Å². The quantitative estimate of drug-likeness (QED) is 0.719. The van der Waals surface area contributed by atoms with Crippen molar-refractivity contribution in [2.45, 2.75) is 32.6 Å². The Hall–Kier alpha value is -1.30. The van der Waals surface area contributed by atoms with E-state index in [2.05, 4.69) is 19.1 Å². The summed E-state index contributed by atoms with van der Waals surface area (Å²) in [5.74, 6) is -0.110. The number of hydrogen-bond acceptors (Lipinski definition) is 2. The van der Waals surface area contributed by atoms with Crippen molar-refractivity contribution in [3.8, 4) is 6.07 Å². The topological polar surface area (TPSA) is 61.1 Å². The van der Waals surface area contributed by atoms with Crippen LogP contribution in [0.1, 0.15) is 32.6 Å². The van der Waals surface area contributed by atoms with E-state index < -0.39 is 11.4 Å². The van der Waals surface area contributed by atoms with Crippen LogP contribution in [0.25, 0.3) is 0 Å². The van der Waals surface area contributed by atoms with Crippen LogP contribution in [0.4, 0.5) is 0 Å². The molecule has 1 fully saturated rings. The molecule has 0 aromatic rings. The fourth-order valence-electron chi connectivity index (χ4n) is 3.06. The lowest BCUT2D eigenvalue weighted by atomic mass is 9.54. The first-order chi connectivity index (χ1) is 7.11. The number of allylic oxidation sites excluding steroid dienone is 2. The molecule has 3 atom stereocenters. The lowest BCUT2D eigenvalue weighted by molar-refractivity contribution is -0.142. The van der Waals surface area contributed by atoms with Crippen molar-refractivity contribution in [2.24, 2.45) is 17.3 Å². The summed E-state index contributed by atoms with van der Waals surface area (Å²) in [7, 11) is 0. The molecule has 3 nitrogen and oxygen atoms in total. The van der Waals surface area contributed by atoms with Crippen LogP contribution < -0.4 is 0 Å². The van der Waals surface area contributed by atoms with Gasteiger partial charge in [-0.2, -0.15) is 5.26 Å². The van der Waals surface area contributed by atoms with Crippen molar-refractivity contribution in [2.75, 3.05) is 0 Å². The van der Waals surface area contributed by atoms with Crippen molar-refractivity contribution < 1.29 is 9.90 Å². The average molecular weight is 205 g/mol. The fraction of sp³-hybridized carbons (Fsp3) is 0.667. The van der Waals surface area contributed by atoms with Gasteiger partial charge in [0.1, 0.15) is 0 Å². The second kappa shape index (κ2) is 3.37. The van der Waals surface area contributed by atoms with Gasteiger partial charge in [0.25, 0.3) is 0 Å². The van der Waals surface area contributed by atoms with Crippen molar-refractivity contribution in [1.29, 1.82) is 5.26 Å². The first-order valence-corrected chi connectivity index (χ1v) is 5.44. The Bertz CT molecular complexity index is 366. The minimum Gasteiger partial charge on any atom is -0.481 e. The molecule has 1 saturated carbocycles. The summed E-state index contributed by atoms with van der Waals surface area (Å²) in [5, 5.41) is 18.0. The van der Waals surface area contributed by atoms with E-state index in [0.29, 0.717) is 5.92 Å². The van der Waals surface area contributed by atoms with Gasteiger partial charge >= 0.3 is 5.97 Å². The van der Waals surface area contributed by atoms with Gasteiger partial charge in [-0.15, -0.1) is 0 Å². The Morgan fingerprint density at radius 3 is 3.07 bits per heavy atom. The Kier molecular flexibility index (Phi) is 2.30. The van der Waals surface area contributed by atoms with E-state index >= 15 is 0 Å². The van der Waals surface area contributed by atoms with Gasteiger partial charge in [0.05, 0.1) is 17.9 Å². The molecule has 2 rings (SSSR count). The Balaban J connectivity index is 2.16. The van der Waals surface area contributed by atoms with Gasteiger partial charge < -0.3 is 5.11 Å². The van der Waals surface area contributed by atoms with E-state index in [0.717, 1.165) is 19.3 Å². The van der Waals surface area contributed by atoms with Crippen LogP contribution in [0.3, 0.4) is 0 Å². The normalized spacial score (nSPS) is 37.5. The average Bonchev–Trinajstić information content (AvgIpc) is 2.53. The van der Waals surface area contributed by atoms with Crippen LogP contribution in [0.5, 0.6) is 0 Å². The van der Waals surface area contributed by atoms with Gasteiger partial charge in [-0.3, -0.25) is 4.79 Å². The summed E-state index contributed by atoms with van der Waals surface area (Å²) in [5.41, 5.74) is 0.792. The second-order valence-corrected chi connectivity index (χ2v) is 4.71. The summed E-state index contributed by atoms with van der Waals surface area (Å²) in [4.78, 5) is 10.7. The molecule has 0 amide bonds. The highest BCUT2D eigenvalue weighted by Gasteiger charge is 2.56. The zero-order chi connectivity index (χ0) is 11.1.